The fourth-order valence-corrected chi connectivity index (χ4v) is 3.11. The first kappa shape index (κ1) is 22.8. The van der Waals surface area contributed by atoms with E-state index in [0.29, 0.717) is 33.9 Å². The molecule has 0 amide bonds. The SMILES string of the molecule is COc1cc(/C=C/C(=O)Oc2ccc(C(=O)c3ccccc3)cc2C)ccc1OC(C)C. The van der Waals surface area contributed by atoms with E-state index in [4.69, 9.17) is 14.2 Å². The second-order valence-corrected chi connectivity index (χ2v) is 7.51. The molecule has 0 radical (unpaired) electrons. The molecular weight excluding hydrogens is 404 g/mol. The number of aryl methyl sites for hydroxylation is 1. The number of carbonyl (C=O) groups excluding carboxylic acids is 2. The second-order valence-electron chi connectivity index (χ2n) is 7.51. The molecule has 0 saturated heterocycles. The van der Waals surface area contributed by atoms with Gasteiger partial charge in [-0.15, -0.1) is 0 Å². The fraction of sp³-hybridized carbons (Fsp3) is 0.185. The number of carbonyl (C=O) groups is 2. The zero-order chi connectivity index (χ0) is 23.1. The lowest BCUT2D eigenvalue weighted by molar-refractivity contribution is -0.128. The van der Waals surface area contributed by atoms with E-state index in [1.165, 1.54) is 6.08 Å². The summed E-state index contributed by atoms with van der Waals surface area (Å²) in [6.45, 7) is 5.68. The van der Waals surface area contributed by atoms with Gasteiger partial charge in [0.25, 0.3) is 0 Å². The monoisotopic (exact) mass is 430 g/mol. The molecule has 0 bridgehead atoms. The van der Waals surface area contributed by atoms with E-state index in [-0.39, 0.29) is 11.9 Å². The van der Waals surface area contributed by atoms with Crippen molar-refractivity contribution in [1.82, 2.24) is 0 Å². The molecule has 0 fully saturated rings. The van der Waals surface area contributed by atoms with Crippen LogP contribution in [0.3, 0.4) is 0 Å². The molecule has 3 rings (SSSR count). The maximum absolute atomic E-state index is 12.6. The van der Waals surface area contributed by atoms with Crippen LogP contribution in [0.25, 0.3) is 6.08 Å². The third kappa shape index (κ3) is 5.85. The number of hydrogen-bond acceptors (Lipinski definition) is 5. The highest BCUT2D eigenvalue weighted by Gasteiger charge is 2.12. The first-order valence-electron chi connectivity index (χ1n) is 10.3. The topological polar surface area (TPSA) is 61.8 Å². The average Bonchev–Trinajstić information content (AvgIpc) is 2.79. The standard InChI is InChI=1S/C27H26O5/c1-18(2)31-24-13-10-20(17-25(24)30-4)11-15-26(28)32-23-14-12-22(16-19(23)3)27(29)21-8-6-5-7-9-21/h5-18H,1-4H3/b15-11+. The van der Waals surface area contributed by atoms with Gasteiger partial charge in [-0.1, -0.05) is 36.4 Å². The molecule has 0 aliphatic carbocycles. The van der Waals surface area contributed by atoms with Gasteiger partial charge >= 0.3 is 5.97 Å². The highest BCUT2D eigenvalue weighted by Crippen LogP contribution is 2.29. The van der Waals surface area contributed by atoms with Gasteiger partial charge < -0.3 is 14.2 Å². The third-order valence-electron chi connectivity index (χ3n) is 4.65. The first-order valence-corrected chi connectivity index (χ1v) is 10.3. The van der Waals surface area contributed by atoms with Gasteiger partial charge in [0, 0.05) is 17.2 Å². The molecule has 0 atom stereocenters. The molecule has 5 nitrogen and oxygen atoms in total. The quantitative estimate of drug-likeness (QED) is 0.200. The van der Waals surface area contributed by atoms with Crippen LogP contribution in [0.4, 0.5) is 0 Å². The van der Waals surface area contributed by atoms with Gasteiger partial charge in [0.1, 0.15) is 5.75 Å². The van der Waals surface area contributed by atoms with Crippen molar-refractivity contribution in [1.29, 1.82) is 0 Å². The fourth-order valence-electron chi connectivity index (χ4n) is 3.11. The summed E-state index contributed by atoms with van der Waals surface area (Å²) in [6.07, 6.45) is 3.02. The number of esters is 1. The van der Waals surface area contributed by atoms with E-state index in [9.17, 15) is 9.59 Å². The van der Waals surface area contributed by atoms with E-state index in [2.05, 4.69) is 0 Å². The summed E-state index contributed by atoms with van der Waals surface area (Å²) < 4.78 is 16.5. The average molecular weight is 431 g/mol. The number of benzene rings is 3. The Bertz CT molecular complexity index is 1130. The first-order chi connectivity index (χ1) is 15.4. The number of rotatable bonds is 8. The summed E-state index contributed by atoms with van der Waals surface area (Å²) in [5.74, 6) is 1.04. The predicted molar refractivity (Wildman–Crippen MR) is 124 cm³/mol. The number of methoxy groups -OCH3 is 1. The van der Waals surface area contributed by atoms with Crippen LogP contribution in [0, 0.1) is 6.92 Å². The molecule has 0 unspecified atom stereocenters. The van der Waals surface area contributed by atoms with E-state index in [1.54, 1.807) is 62.6 Å². The third-order valence-corrected chi connectivity index (χ3v) is 4.65. The van der Waals surface area contributed by atoms with Gasteiger partial charge in [-0.05, 0) is 68.3 Å². The van der Waals surface area contributed by atoms with Crippen molar-refractivity contribution in [3.8, 4) is 17.2 Å². The Morgan fingerprint density at radius 1 is 0.844 bits per heavy atom. The summed E-state index contributed by atoms with van der Waals surface area (Å²) in [4.78, 5) is 24.9. The van der Waals surface area contributed by atoms with Gasteiger partial charge in [-0.25, -0.2) is 4.79 Å². The van der Waals surface area contributed by atoms with Crippen LogP contribution in [0.1, 0.15) is 40.9 Å². The minimum Gasteiger partial charge on any atom is -0.493 e. The maximum Gasteiger partial charge on any atom is 0.336 e. The smallest absolute Gasteiger partial charge is 0.336 e. The number of ether oxygens (including phenoxy) is 3. The molecule has 0 heterocycles. The van der Waals surface area contributed by atoms with E-state index in [1.807, 2.05) is 38.1 Å². The van der Waals surface area contributed by atoms with Gasteiger partial charge in [0.15, 0.2) is 17.3 Å². The molecule has 32 heavy (non-hydrogen) atoms. The lowest BCUT2D eigenvalue weighted by Crippen LogP contribution is -2.07. The Balaban J connectivity index is 1.68. The molecular formula is C27H26O5. The Hall–Kier alpha value is -3.86. The molecule has 0 spiro atoms. The molecule has 0 saturated carbocycles. The van der Waals surface area contributed by atoms with E-state index in [0.717, 1.165) is 5.56 Å². The van der Waals surface area contributed by atoms with Crippen molar-refractivity contribution in [2.24, 2.45) is 0 Å². The lowest BCUT2D eigenvalue weighted by Gasteiger charge is -2.13. The minimum atomic E-state index is -0.517. The van der Waals surface area contributed by atoms with Crippen LogP contribution in [0.5, 0.6) is 17.2 Å². The highest BCUT2D eigenvalue weighted by atomic mass is 16.5. The second kappa shape index (κ2) is 10.4. The molecule has 5 heteroatoms. The Kier molecular flexibility index (Phi) is 7.45. The summed E-state index contributed by atoms with van der Waals surface area (Å²) in [6, 6.07) is 19.5. The van der Waals surface area contributed by atoms with Crippen LogP contribution < -0.4 is 14.2 Å². The van der Waals surface area contributed by atoms with Gasteiger partial charge in [0.2, 0.25) is 0 Å². The van der Waals surface area contributed by atoms with Gasteiger partial charge in [0.05, 0.1) is 13.2 Å². The zero-order valence-electron chi connectivity index (χ0n) is 18.6. The highest BCUT2D eigenvalue weighted by molar-refractivity contribution is 6.09. The van der Waals surface area contributed by atoms with Crippen LogP contribution in [-0.4, -0.2) is 25.0 Å². The molecule has 164 valence electrons. The predicted octanol–water partition coefficient (Wildman–Crippen LogP) is 5.64. The lowest BCUT2D eigenvalue weighted by atomic mass is 10.0. The van der Waals surface area contributed by atoms with E-state index < -0.39 is 5.97 Å². The maximum atomic E-state index is 12.6. The van der Waals surface area contributed by atoms with Gasteiger partial charge in [-0.3, -0.25) is 4.79 Å². The Labute approximate surface area is 188 Å². The number of hydrogen-bond donors (Lipinski definition) is 0. The molecule has 0 aromatic heterocycles. The van der Waals surface area contributed by atoms with E-state index >= 15 is 0 Å². The summed E-state index contributed by atoms with van der Waals surface area (Å²) in [5.41, 5.74) is 2.63. The van der Waals surface area contributed by atoms with Crippen molar-refractivity contribution in [3.05, 3.63) is 95.1 Å². The number of ketones is 1. The molecule has 0 N–H and O–H groups in total. The Morgan fingerprint density at radius 2 is 1.56 bits per heavy atom. The molecule has 0 aliphatic rings. The van der Waals surface area contributed by atoms with Crippen LogP contribution >= 0.6 is 0 Å². The van der Waals surface area contributed by atoms with Crippen LogP contribution in [0.15, 0.2) is 72.8 Å². The Morgan fingerprint density at radius 3 is 2.22 bits per heavy atom. The van der Waals surface area contributed by atoms with Crippen molar-refractivity contribution >= 4 is 17.8 Å². The summed E-state index contributed by atoms with van der Waals surface area (Å²) >= 11 is 0. The molecule has 0 aliphatic heterocycles. The van der Waals surface area contributed by atoms with Crippen molar-refractivity contribution in [3.63, 3.8) is 0 Å². The molecule has 3 aromatic carbocycles. The van der Waals surface area contributed by atoms with Crippen molar-refractivity contribution in [2.45, 2.75) is 26.9 Å². The van der Waals surface area contributed by atoms with Gasteiger partial charge in [-0.2, -0.15) is 0 Å². The van der Waals surface area contributed by atoms with Crippen LogP contribution in [0.2, 0.25) is 0 Å². The van der Waals surface area contributed by atoms with Crippen LogP contribution in [-0.2, 0) is 4.79 Å². The normalized spacial score (nSPS) is 10.9. The largest absolute Gasteiger partial charge is 0.493 e. The zero-order valence-corrected chi connectivity index (χ0v) is 18.6. The minimum absolute atomic E-state index is 0.0258. The molecule has 3 aromatic rings. The van der Waals surface area contributed by atoms with Crippen molar-refractivity contribution in [2.75, 3.05) is 7.11 Å². The summed E-state index contributed by atoms with van der Waals surface area (Å²) in [7, 11) is 1.57. The van der Waals surface area contributed by atoms with Crippen molar-refractivity contribution < 1.29 is 23.8 Å². The summed E-state index contributed by atoms with van der Waals surface area (Å²) in [5, 5.41) is 0.